The SMILES string of the molecule is CCC1CC(Cc2ccc(Cl)cc2)CC(C)N1CC(NC(=O)Nc1cc(OC)c(OC)c(OC)c1)C(C)O. The topological polar surface area (TPSA) is 92.3 Å². The first kappa shape index (κ1) is 29.9. The van der Waals surface area contributed by atoms with Crippen molar-refractivity contribution in [3.8, 4) is 17.2 Å². The van der Waals surface area contributed by atoms with E-state index >= 15 is 0 Å². The van der Waals surface area contributed by atoms with Crippen LogP contribution in [0.4, 0.5) is 10.5 Å². The summed E-state index contributed by atoms with van der Waals surface area (Å²) in [5, 5.41) is 17.1. The fraction of sp³-hybridized carbons (Fsp3) is 0.552. The molecule has 0 aliphatic carbocycles. The van der Waals surface area contributed by atoms with Gasteiger partial charge >= 0.3 is 6.03 Å². The maximum absolute atomic E-state index is 13.0. The number of hydrogen-bond acceptors (Lipinski definition) is 6. The molecule has 5 unspecified atom stereocenters. The standard InChI is InChI=1S/C29H42ClN3O5/c1-7-24-14-21(13-20-8-10-22(30)11-9-20)12-18(2)33(24)17-25(19(3)34)32-29(35)31-23-15-26(36-4)28(38-6)27(16-23)37-5/h8-11,15-16,18-19,21,24-25,34H,7,12-14,17H2,1-6H3,(H2,31,32,35). The third kappa shape index (κ3) is 7.68. The molecule has 1 aliphatic rings. The zero-order valence-corrected chi connectivity index (χ0v) is 24.0. The number of methoxy groups -OCH3 is 3. The second-order valence-electron chi connectivity index (χ2n) is 10.1. The second kappa shape index (κ2) is 13.9. The minimum absolute atomic E-state index is 0.326. The molecule has 1 fully saturated rings. The highest BCUT2D eigenvalue weighted by molar-refractivity contribution is 6.30. The van der Waals surface area contributed by atoms with Crippen LogP contribution in [0, 0.1) is 5.92 Å². The zero-order valence-electron chi connectivity index (χ0n) is 23.3. The summed E-state index contributed by atoms with van der Waals surface area (Å²) < 4.78 is 16.1. The number of halogens is 1. The number of urea groups is 1. The summed E-state index contributed by atoms with van der Waals surface area (Å²) in [6.45, 7) is 6.72. The predicted molar refractivity (Wildman–Crippen MR) is 152 cm³/mol. The normalized spacial score (nSPS) is 21.3. The summed E-state index contributed by atoms with van der Waals surface area (Å²) in [4.78, 5) is 15.4. The highest BCUT2D eigenvalue weighted by Gasteiger charge is 2.35. The molecule has 5 atom stereocenters. The lowest BCUT2D eigenvalue weighted by molar-refractivity contribution is 0.0305. The summed E-state index contributed by atoms with van der Waals surface area (Å²) in [6.07, 6.45) is 3.45. The molecule has 2 aromatic rings. The van der Waals surface area contributed by atoms with E-state index in [1.165, 1.54) is 26.9 Å². The minimum atomic E-state index is -0.725. The Morgan fingerprint density at radius 1 is 1.11 bits per heavy atom. The maximum Gasteiger partial charge on any atom is 0.319 e. The van der Waals surface area contributed by atoms with Crippen molar-refractivity contribution in [3.63, 3.8) is 0 Å². The van der Waals surface area contributed by atoms with Crippen LogP contribution in [-0.4, -0.2) is 68.1 Å². The third-order valence-electron chi connectivity index (χ3n) is 7.45. The quantitative estimate of drug-likeness (QED) is 0.351. The van der Waals surface area contributed by atoms with Gasteiger partial charge in [-0.1, -0.05) is 30.7 Å². The Hall–Kier alpha value is -2.68. The van der Waals surface area contributed by atoms with Gasteiger partial charge in [0.1, 0.15) is 0 Å². The number of nitrogens with zero attached hydrogens (tertiary/aromatic N) is 1. The van der Waals surface area contributed by atoms with Gasteiger partial charge in [0.15, 0.2) is 11.5 Å². The molecule has 2 aromatic carbocycles. The van der Waals surface area contributed by atoms with Crippen LogP contribution in [0.25, 0.3) is 0 Å². The summed E-state index contributed by atoms with van der Waals surface area (Å²) in [5.41, 5.74) is 1.80. The Morgan fingerprint density at radius 3 is 2.26 bits per heavy atom. The van der Waals surface area contributed by atoms with Crippen LogP contribution in [-0.2, 0) is 6.42 Å². The smallest absolute Gasteiger partial charge is 0.319 e. The highest BCUT2D eigenvalue weighted by Crippen LogP contribution is 2.40. The molecule has 0 aromatic heterocycles. The number of aliphatic hydroxyl groups excluding tert-OH is 1. The van der Waals surface area contributed by atoms with Crippen LogP contribution in [0.15, 0.2) is 36.4 Å². The zero-order chi connectivity index (χ0) is 27.8. The fourth-order valence-corrected chi connectivity index (χ4v) is 5.61. The first-order valence-electron chi connectivity index (χ1n) is 13.2. The van der Waals surface area contributed by atoms with Gasteiger partial charge in [-0.15, -0.1) is 0 Å². The van der Waals surface area contributed by atoms with Crippen molar-refractivity contribution in [3.05, 3.63) is 47.0 Å². The van der Waals surface area contributed by atoms with Gasteiger partial charge in [-0.3, -0.25) is 4.90 Å². The molecule has 0 bridgehead atoms. The third-order valence-corrected chi connectivity index (χ3v) is 7.70. The Bertz CT molecular complexity index is 1020. The molecule has 210 valence electrons. The van der Waals surface area contributed by atoms with Crippen molar-refractivity contribution in [2.75, 3.05) is 33.2 Å². The van der Waals surface area contributed by atoms with Crippen LogP contribution in [0.2, 0.25) is 5.02 Å². The van der Waals surface area contributed by atoms with Gasteiger partial charge in [0.05, 0.1) is 39.2 Å². The van der Waals surface area contributed by atoms with E-state index in [1.807, 2.05) is 12.1 Å². The lowest BCUT2D eigenvalue weighted by Crippen LogP contribution is -2.57. The van der Waals surface area contributed by atoms with Crippen molar-refractivity contribution in [1.29, 1.82) is 0 Å². The lowest BCUT2D eigenvalue weighted by Gasteiger charge is -2.46. The summed E-state index contributed by atoms with van der Waals surface area (Å²) >= 11 is 6.06. The van der Waals surface area contributed by atoms with Crippen molar-refractivity contribution in [2.24, 2.45) is 5.92 Å². The number of benzene rings is 2. The number of amides is 2. The number of aliphatic hydroxyl groups is 1. The van der Waals surface area contributed by atoms with Gasteiger partial charge in [0.2, 0.25) is 5.75 Å². The van der Waals surface area contributed by atoms with E-state index in [0.717, 1.165) is 30.7 Å². The number of nitrogens with one attached hydrogen (secondary N) is 2. The Kier molecular flexibility index (Phi) is 10.9. The number of hydrogen-bond donors (Lipinski definition) is 3. The Morgan fingerprint density at radius 2 is 1.74 bits per heavy atom. The minimum Gasteiger partial charge on any atom is -0.493 e. The molecule has 0 saturated carbocycles. The monoisotopic (exact) mass is 547 g/mol. The largest absolute Gasteiger partial charge is 0.493 e. The molecule has 8 nitrogen and oxygen atoms in total. The van der Waals surface area contributed by atoms with Crippen molar-refractivity contribution < 1.29 is 24.1 Å². The van der Waals surface area contributed by atoms with E-state index in [4.69, 9.17) is 25.8 Å². The van der Waals surface area contributed by atoms with Crippen LogP contribution < -0.4 is 24.8 Å². The van der Waals surface area contributed by atoms with Gasteiger partial charge < -0.3 is 30.0 Å². The van der Waals surface area contributed by atoms with Crippen LogP contribution in [0.3, 0.4) is 0 Å². The number of carbonyl (C=O) groups excluding carboxylic acids is 1. The van der Waals surface area contributed by atoms with Gasteiger partial charge in [0, 0.05) is 35.8 Å². The molecule has 38 heavy (non-hydrogen) atoms. The molecular weight excluding hydrogens is 506 g/mol. The van der Waals surface area contributed by atoms with Gasteiger partial charge in [0.25, 0.3) is 0 Å². The maximum atomic E-state index is 13.0. The van der Waals surface area contributed by atoms with Gasteiger partial charge in [-0.05, 0) is 63.1 Å². The molecule has 1 heterocycles. The molecule has 0 radical (unpaired) electrons. The summed E-state index contributed by atoms with van der Waals surface area (Å²) in [7, 11) is 4.57. The van der Waals surface area contributed by atoms with Crippen molar-refractivity contribution in [1.82, 2.24) is 10.2 Å². The number of piperidine rings is 1. The van der Waals surface area contributed by atoms with E-state index in [-0.39, 0.29) is 0 Å². The van der Waals surface area contributed by atoms with Crippen LogP contribution in [0.5, 0.6) is 17.2 Å². The number of rotatable bonds is 11. The molecule has 3 rings (SSSR count). The van der Waals surface area contributed by atoms with E-state index in [0.29, 0.717) is 47.5 Å². The summed E-state index contributed by atoms with van der Waals surface area (Å²) in [5.74, 6) is 1.90. The molecule has 0 spiro atoms. The molecular formula is C29H42ClN3O5. The average molecular weight is 548 g/mol. The van der Waals surface area contributed by atoms with E-state index in [9.17, 15) is 9.90 Å². The fourth-order valence-electron chi connectivity index (χ4n) is 5.48. The predicted octanol–water partition coefficient (Wildman–Crippen LogP) is 5.36. The van der Waals surface area contributed by atoms with Crippen LogP contribution in [0.1, 0.15) is 45.6 Å². The van der Waals surface area contributed by atoms with Crippen molar-refractivity contribution in [2.45, 2.75) is 70.7 Å². The first-order chi connectivity index (χ1) is 18.2. The highest BCUT2D eigenvalue weighted by atomic mass is 35.5. The molecule has 1 saturated heterocycles. The summed E-state index contributed by atoms with van der Waals surface area (Å²) in [6, 6.07) is 11.3. The number of anilines is 1. The second-order valence-corrected chi connectivity index (χ2v) is 10.6. The average Bonchev–Trinajstić information content (AvgIpc) is 2.89. The Labute approximate surface area is 231 Å². The first-order valence-corrected chi connectivity index (χ1v) is 13.6. The number of carbonyl (C=O) groups is 1. The van der Waals surface area contributed by atoms with Crippen molar-refractivity contribution >= 4 is 23.3 Å². The van der Waals surface area contributed by atoms with E-state index in [2.05, 4.69) is 41.5 Å². The van der Waals surface area contributed by atoms with Crippen LogP contribution >= 0.6 is 11.6 Å². The molecule has 2 amide bonds. The molecule has 1 aliphatic heterocycles. The molecule has 3 N–H and O–H groups in total. The Balaban J connectivity index is 1.65. The number of ether oxygens (including phenoxy) is 3. The van der Waals surface area contributed by atoms with E-state index < -0.39 is 18.2 Å². The lowest BCUT2D eigenvalue weighted by atomic mass is 9.81. The molecule has 9 heteroatoms. The van der Waals surface area contributed by atoms with Gasteiger partial charge in [-0.25, -0.2) is 4.79 Å². The van der Waals surface area contributed by atoms with Gasteiger partial charge in [-0.2, -0.15) is 0 Å². The number of likely N-dealkylation sites (tertiary alicyclic amines) is 1. The van der Waals surface area contributed by atoms with E-state index in [1.54, 1.807) is 19.1 Å².